The van der Waals surface area contributed by atoms with Crippen molar-refractivity contribution >= 4 is 5.91 Å². The molecular formula is C13H14N2O2. The lowest BCUT2D eigenvalue weighted by Crippen LogP contribution is -2.34. The molecule has 2 aromatic heterocycles. The van der Waals surface area contributed by atoms with Gasteiger partial charge in [0.2, 0.25) is 0 Å². The van der Waals surface area contributed by atoms with E-state index in [4.69, 9.17) is 4.42 Å². The Morgan fingerprint density at radius 2 is 2.29 bits per heavy atom. The van der Waals surface area contributed by atoms with Crippen LogP contribution in [0.15, 0.2) is 47.2 Å². The molecule has 1 atom stereocenters. The van der Waals surface area contributed by atoms with E-state index in [2.05, 4.69) is 10.3 Å². The minimum absolute atomic E-state index is 0.00987. The molecule has 0 aliphatic carbocycles. The topological polar surface area (TPSA) is 55.1 Å². The molecular weight excluding hydrogens is 216 g/mol. The van der Waals surface area contributed by atoms with E-state index in [0.717, 1.165) is 5.76 Å². The van der Waals surface area contributed by atoms with Gasteiger partial charge in [0.25, 0.3) is 5.91 Å². The van der Waals surface area contributed by atoms with Gasteiger partial charge in [0, 0.05) is 18.7 Å². The highest BCUT2D eigenvalue weighted by molar-refractivity contribution is 5.92. The van der Waals surface area contributed by atoms with Crippen molar-refractivity contribution in [1.82, 2.24) is 10.3 Å². The van der Waals surface area contributed by atoms with Crippen molar-refractivity contribution in [2.45, 2.75) is 19.4 Å². The number of amides is 1. The van der Waals surface area contributed by atoms with Crippen LogP contribution in [0.25, 0.3) is 0 Å². The highest BCUT2D eigenvalue weighted by Gasteiger charge is 2.11. The van der Waals surface area contributed by atoms with E-state index in [1.54, 1.807) is 30.7 Å². The van der Waals surface area contributed by atoms with Gasteiger partial charge in [0.15, 0.2) is 0 Å². The number of carbonyl (C=O) groups excluding carboxylic acids is 1. The third-order valence-corrected chi connectivity index (χ3v) is 2.36. The van der Waals surface area contributed by atoms with Crippen LogP contribution in [-0.4, -0.2) is 16.9 Å². The van der Waals surface area contributed by atoms with E-state index >= 15 is 0 Å². The summed E-state index contributed by atoms with van der Waals surface area (Å²) in [6.45, 7) is 1.93. The van der Waals surface area contributed by atoms with Crippen LogP contribution >= 0.6 is 0 Å². The van der Waals surface area contributed by atoms with Gasteiger partial charge in [-0.1, -0.05) is 6.07 Å². The Bertz CT molecular complexity index is 465. The van der Waals surface area contributed by atoms with Crippen LogP contribution in [0.3, 0.4) is 0 Å². The third kappa shape index (κ3) is 3.17. The fourth-order valence-corrected chi connectivity index (χ4v) is 1.58. The molecule has 17 heavy (non-hydrogen) atoms. The van der Waals surface area contributed by atoms with E-state index in [1.165, 1.54) is 0 Å². The Labute approximate surface area is 99.7 Å². The van der Waals surface area contributed by atoms with Gasteiger partial charge in [-0.3, -0.25) is 9.78 Å². The molecule has 0 aliphatic rings. The lowest BCUT2D eigenvalue weighted by atomic mass is 10.2. The molecule has 1 amide bonds. The molecule has 2 aromatic rings. The second-order valence-electron chi connectivity index (χ2n) is 3.87. The number of carbonyl (C=O) groups is 1. The summed E-state index contributed by atoms with van der Waals surface area (Å²) in [4.78, 5) is 15.8. The van der Waals surface area contributed by atoms with E-state index in [0.29, 0.717) is 12.1 Å². The fourth-order valence-electron chi connectivity index (χ4n) is 1.58. The van der Waals surface area contributed by atoms with E-state index in [9.17, 15) is 4.79 Å². The number of hydrogen-bond donors (Lipinski definition) is 1. The van der Waals surface area contributed by atoms with Gasteiger partial charge in [-0.2, -0.15) is 0 Å². The number of hydrogen-bond acceptors (Lipinski definition) is 3. The lowest BCUT2D eigenvalue weighted by Gasteiger charge is -2.11. The van der Waals surface area contributed by atoms with Crippen LogP contribution < -0.4 is 5.32 Å². The lowest BCUT2D eigenvalue weighted by molar-refractivity contribution is 0.0934. The molecule has 4 heteroatoms. The number of nitrogens with one attached hydrogen (secondary N) is 1. The van der Waals surface area contributed by atoms with Crippen LogP contribution in [0.1, 0.15) is 23.2 Å². The predicted molar refractivity (Wildman–Crippen MR) is 63.6 cm³/mol. The van der Waals surface area contributed by atoms with Crippen molar-refractivity contribution in [3.63, 3.8) is 0 Å². The first-order valence-electron chi connectivity index (χ1n) is 5.50. The standard InChI is InChI=1S/C13H14N2O2/c1-10(9-11-5-4-8-17-11)15-13(16)12-6-2-3-7-14-12/h2-8,10H,9H2,1H3,(H,15,16)/t10-/m1/s1. The first kappa shape index (κ1) is 11.4. The van der Waals surface area contributed by atoms with Crippen LogP contribution in [-0.2, 0) is 6.42 Å². The zero-order valence-electron chi connectivity index (χ0n) is 9.59. The SMILES string of the molecule is C[C@H](Cc1ccco1)NC(=O)c1ccccn1. The highest BCUT2D eigenvalue weighted by Crippen LogP contribution is 2.04. The summed E-state index contributed by atoms with van der Waals surface area (Å²) in [5, 5.41) is 2.87. The zero-order chi connectivity index (χ0) is 12.1. The Kier molecular flexibility index (Phi) is 3.55. The number of aromatic nitrogens is 1. The summed E-state index contributed by atoms with van der Waals surface area (Å²) in [6.07, 6.45) is 3.90. The summed E-state index contributed by atoms with van der Waals surface area (Å²) in [5.41, 5.74) is 0.429. The molecule has 1 N–H and O–H groups in total. The monoisotopic (exact) mass is 230 g/mol. The van der Waals surface area contributed by atoms with Crippen molar-refractivity contribution in [2.24, 2.45) is 0 Å². The first-order chi connectivity index (χ1) is 8.25. The van der Waals surface area contributed by atoms with E-state index in [1.807, 2.05) is 19.1 Å². The molecule has 2 heterocycles. The minimum atomic E-state index is -0.162. The number of pyridine rings is 1. The maximum Gasteiger partial charge on any atom is 0.270 e. The Hall–Kier alpha value is -2.10. The Morgan fingerprint density at radius 1 is 1.41 bits per heavy atom. The molecule has 0 aromatic carbocycles. The van der Waals surface area contributed by atoms with Crippen LogP contribution in [0.4, 0.5) is 0 Å². The Morgan fingerprint density at radius 3 is 2.94 bits per heavy atom. The first-order valence-corrected chi connectivity index (χ1v) is 5.50. The molecule has 2 rings (SSSR count). The van der Waals surface area contributed by atoms with Gasteiger partial charge >= 0.3 is 0 Å². The van der Waals surface area contributed by atoms with Gasteiger partial charge in [0.05, 0.1) is 6.26 Å². The van der Waals surface area contributed by atoms with Crippen molar-refractivity contribution in [2.75, 3.05) is 0 Å². The average molecular weight is 230 g/mol. The second-order valence-corrected chi connectivity index (χ2v) is 3.87. The van der Waals surface area contributed by atoms with Gasteiger partial charge < -0.3 is 9.73 Å². The normalized spacial score (nSPS) is 12.1. The molecule has 0 unspecified atom stereocenters. The molecule has 0 fully saturated rings. The number of rotatable bonds is 4. The van der Waals surface area contributed by atoms with Gasteiger partial charge in [-0.15, -0.1) is 0 Å². The second kappa shape index (κ2) is 5.30. The van der Waals surface area contributed by atoms with Crippen molar-refractivity contribution in [1.29, 1.82) is 0 Å². The summed E-state index contributed by atoms with van der Waals surface area (Å²) in [5.74, 6) is 0.698. The van der Waals surface area contributed by atoms with Gasteiger partial charge in [-0.05, 0) is 31.2 Å². The molecule has 0 radical (unpaired) electrons. The molecule has 0 saturated carbocycles. The molecule has 88 valence electrons. The largest absolute Gasteiger partial charge is 0.469 e. The number of nitrogens with zero attached hydrogens (tertiary/aromatic N) is 1. The molecule has 0 bridgehead atoms. The minimum Gasteiger partial charge on any atom is -0.469 e. The maximum atomic E-state index is 11.8. The van der Waals surface area contributed by atoms with Crippen molar-refractivity contribution in [3.8, 4) is 0 Å². The molecule has 4 nitrogen and oxygen atoms in total. The average Bonchev–Trinajstić information content (AvgIpc) is 2.82. The van der Waals surface area contributed by atoms with Gasteiger partial charge in [0.1, 0.15) is 11.5 Å². The maximum absolute atomic E-state index is 11.8. The van der Waals surface area contributed by atoms with E-state index < -0.39 is 0 Å². The quantitative estimate of drug-likeness (QED) is 0.874. The molecule has 0 saturated heterocycles. The van der Waals surface area contributed by atoms with Crippen LogP contribution in [0.5, 0.6) is 0 Å². The Balaban J connectivity index is 1.91. The summed E-state index contributed by atoms with van der Waals surface area (Å²) >= 11 is 0. The van der Waals surface area contributed by atoms with Crippen LogP contribution in [0, 0.1) is 0 Å². The van der Waals surface area contributed by atoms with Crippen molar-refractivity contribution in [3.05, 3.63) is 54.2 Å². The fraction of sp³-hybridized carbons (Fsp3) is 0.231. The summed E-state index contributed by atoms with van der Waals surface area (Å²) < 4.78 is 5.22. The smallest absolute Gasteiger partial charge is 0.270 e. The van der Waals surface area contributed by atoms with Crippen LogP contribution in [0.2, 0.25) is 0 Å². The third-order valence-electron chi connectivity index (χ3n) is 2.36. The summed E-state index contributed by atoms with van der Waals surface area (Å²) in [6, 6.07) is 9.00. The molecule has 0 spiro atoms. The van der Waals surface area contributed by atoms with Gasteiger partial charge in [-0.25, -0.2) is 0 Å². The number of furan rings is 1. The predicted octanol–water partition coefficient (Wildman–Crippen LogP) is 2.04. The highest BCUT2D eigenvalue weighted by atomic mass is 16.3. The van der Waals surface area contributed by atoms with E-state index in [-0.39, 0.29) is 11.9 Å². The molecule has 0 aliphatic heterocycles. The zero-order valence-corrected chi connectivity index (χ0v) is 9.59. The summed E-state index contributed by atoms with van der Waals surface area (Å²) in [7, 11) is 0. The van der Waals surface area contributed by atoms with Crippen molar-refractivity contribution < 1.29 is 9.21 Å².